The van der Waals surface area contributed by atoms with Crippen molar-refractivity contribution in [3.63, 3.8) is 0 Å². The minimum Gasteiger partial charge on any atom is -0.493 e. The van der Waals surface area contributed by atoms with Crippen LogP contribution in [0.5, 0.6) is 11.5 Å². The van der Waals surface area contributed by atoms with Crippen molar-refractivity contribution >= 4 is 22.5 Å². The van der Waals surface area contributed by atoms with Crippen LogP contribution in [0.2, 0.25) is 0 Å². The molecule has 0 unspecified atom stereocenters. The summed E-state index contributed by atoms with van der Waals surface area (Å²) in [6, 6.07) is 13.4. The van der Waals surface area contributed by atoms with Gasteiger partial charge in [0.2, 0.25) is 5.95 Å². The van der Waals surface area contributed by atoms with E-state index in [0.717, 1.165) is 16.6 Å². The average molecular weight is 281 g/mol. The average Bonchev–Trinajstić information content (AvgIpc) is 2.54. The van der Waals surface area contributed by atoms with Crippen LogP contribution in [0.3, 0.4) is 0 Å². The van der Waals surface area contributed by atoms with E-state index >= 15 is 0 Å². The molecule has 3 aromatic rings. The van der Waals surface area contributed by atoms with Gasteiger partial charge in [0.25, 0.3) is 0 Å². The van der Waals surface area contributed by atoms with Crippen LogP contribution in [0, 0.1) is 0 Å². The highest BCUT2D eigenvalue weighted by Crippen LogP contribution is 2.30. The number of hydrogen-bond acceptors (Lipinski definition) is 5. The molecule has 5 heteroatoms. The zero-order chi connectivity index (χ0) is 14.7. The van der Waals surface area contributed by atoms with Gasteiger partial charge in [0.15, 0.2) is 11.5 Å². The van der Waals surface area contributed by atoms with E-state index in [1.807, 2.05) is 42.5 Å². The van der Waals surface area contributed by atoms with E-state index in [1.165, 1.54) is 0 Å². The molecule has 0 saturated carbocycles. The molecule has 1 aromatic heterocycles. The number of fused-ring (bicyclic) bond motifs is 1. The third-order valence-electron chi connectivity index (χ3n) is 3.13. The predicted molar refractivity (Wildman–Crippen MR) is 82.4 cm³/mol. The first kappa shape index (κ1) is 13.2. The Balaban J connectivity index is 1.91. The topological polar surface area (TPSA) is 56.3 Å². The second-order valence-corrected chi connectivity index (χ2v) is 4.45. The Morgan fingerprint density at radius 3 is 2.57 bits per heavy atom. The number of rotatable bonds is 4. The summed E-state index contributed by atoms with van der Waals surface area (Å²) in [5, 5.41) is 4.17. The number of para-hydroxylation sites is 1. The zero-order valence-corrected chi connectivity index (χ0v) is 11.8. The van der Waals surface area contributed by atoms with Gasteiger partial charge in [0.1, 0.15) is 0 Å². The van der Waals surface area contributed by atoms with Gasteiger partial charge >= 0.3 is 0 Å². The fourth-order valence-corrected chi connectivity index (χ4v) is 2.08. The Bertz CT molecular complexity index is 774. The molecule has 0 aliphatic heterocycles. The molecule has 106 valence electrons. The zero-order valence-electron chi connectivity index (χ0n) is 11.8. The van der Waals surface area contributed by atoms with Gasteiger partial charge in [-0.2, -0.15) is 0 Å². The fraction of sp³-hybridized carbons (Fsp3) is 0.125. The van der Waals surface area contributed by atoms with E-state index in [1.54, 1.807) is 20.4 Å². The highest BCUT2D eigenvalue weighted by Gasteiger charge is 2.06. The van der Waals surface area contributed by atoms with Crippen molar-refractivity contribution in [1.82, 2.24) is 9.97 Å². The van der Waals surface area contributed by atoms with Gasteiger partial charge in [-0.25, -0.2) is 9.97 Å². The quantitative estimate of drug-likeness (QED) is 0.794. The minimum atomic E-state index is 0.543. The molecule has 0 saturated heterocycles. The van der Waals surface area contributed by atoms with Crippen LogP contribution in [-0.2, 0) is 0 Å². The van der Waals surface area contributed by atoms with Gasteiger partial charge in [-0.1, -0.05) is 18.2 Å². The standard InChI is InChI=1S/C16H15N3O2/c1-20-14-8-7-12(9-15(14)21-2)18-16-17-10-11-5-3-4-6-13(11)19-16/h3-10H,1-2H3,(H,17,18,19). The summed E-state index contributed by atoms with van der Waals surface area (Å²) in [6.45, 7) is 0. The van der Waals surface area contributed by atoms with Gasteiger partial charge < -0.3 is 14.8 Å². The number of nitrogens with one attached hydrogen (secondary N) is 1. The maximum atomic E-state index is 5.28. The summed E-state index contributed by atoms with van der Waals surface area (Å²) in [6.07, 6.45) is 1.80. The second-order valence-electron chi connectivity index (χ2n) is 4.45. The van der Waals surface area contributed by atoms with E-state index in [-0.39, 0.29) is 0 Å². The molecule has 2 aromatic carbocycles. The summed E-state index contributed by atoms with van der Waals surface area (Å²) in [5.41, 5.74) is 1.73. The first-order chi connectivity index (χ1) is 10.3. The summed E-state index contributed by atoms with van der Waals surface area (Å²) >= 11 is 0. The molecule has 0 aliphatic carbocycles. The largest absolute Gasteiger partial charge is 0.493 e. The van der Waals surface area contributed by atoms with Crippen LogP contribution in [0.15, 0.2) is 48.7 Å². The lowest BCUT2D eigenvalue weighted by molar-refractivity contribution is 0.355. The van der Waals surface area contributed by atoms with Crippen molar-refractivity contribution in [3.05, 3.63) is 48.7 Å². The molecule has 0 spiro atoms. The molecule has 0 aliphatic rings. The summed E-state index contributed by atoms with van der Waals surface area (Å²) in [4.78, 5) is 8.78. The molecule has 1 heterocycles. The van der Waals surface area contributed by atoms with E-state index in [9.17, 15) is 0 Å². The van der Waals surface area contributed by atoms with Crippen molar-refractivity contribution in [2.24, 2.45) is 0 Å². The van der Waals surface area contributed by atoms with Crippen LogP contribution in [0.4, 0.5) is 11.6 Å². The van der Waals surface area contributed by atoms with Crippen LogP contribution in [-0.4, -0.2) is 24.2 Å². The van der Waals surface area contributed by atoms with Gasteiger partial charge in [0, 0.05) is 23.3 Å². The van der Waals surface area contributed by atoms with Gasteiger partial charge in [-0.3, -0.25) is 0 Å². The van der Waals surface area contributed by atoms with Crippen molar-refractivity contribution in [1.29, 1.82) is 0 Å². The van der Waals surface area contributed by atoms with E-state index in [0.29, 0.717) is 17.4 Å². The first-order valence-electron chi connectivity index (χ1n) is 6.51. The van der Waals surface area contributed by atoms with Crippen LogP contribution < -0.4 is 14.8 Å². The molecule has 1 N–H and O–H groups in total. The molecular weight excluding hydrogens is 266 g/mol. The normalized spacial score (nSPS) is 10.4. The van der Waals surface area contributed by atoms with E-state index in [2.05, 4.69) is 15.3 Å². The molecule has 0 amide bonds. The molecule has 3 rings (SSSR count). The maximum absolute atomic E-state index is 5.28. The fourth-order valence-electron chi connectivity index (χ4n) is 2.08. The first-order valence-corrected chi connectivity index (χ1v) is 6.51. The minimum absolute atomic E-state index is 0.543. The number of hydrogen-bond donors (Lipinski definition) is 1. The lowest BCUT2D eigenvalue weighted by Crippen LogP contribution is -1.98. The lowest BCUT2D eigenvalue weighted by atomic mass is 10.2. The molecular formula is C16H15N3O2. The molecule has 0 bridgehead atoms. The summed E-state index contributed by atoms with van der Waals surface area (Å²) in [5.74, 6) is 1.88. The van der Waals surface area contributed by atoms with Crippen molar-refractivity contribution in [3.8, 4) is 11.5 Å². The number of methoxy groups -OCH3 is 2. The Morgan fingerprint density at radius 1 is 0.952 bits per heavy atom. The Morgan fingerprint density at radius 2 is 1.76 bits per heavy atom. The van der Waals surface area contributed by atoms with Crippen LogP contribution in [0.1, 0.15) is 0 Å². The summed E-state index contributed by atoms with van der Waals surface area (Å²) in [7, 11) is 3.21. The summed E-state index contributed by atoms with van der Waals surface area (Å²) < 4.78 is 10.5. The third kappa shape index (κ3) is 2.72. The van der Waals surface area contributed by atoms with Crippen molar-refractivity contribution in [2.75, 3.05) is 19.5 Å². The Kier molecular flexibility index (Phi) is 3.55. The lowest BCUT2D eigenvalue weighted by Gasteiger charge is -2.10. The second kappa shape index (κ2) is 5.66. The molecule has 0 radical (unpaired) electrons. The Hall–Kier alpha value is -2.82. The van der Waals surface area contributed by atoms with Crippen LogP contribution in [0.25, 0.3) is 10.9 Å². The SMILES string of the molecule is COc1ccc(Nc2ncc3ccccc3n2)cc1OC. The van der Waals surface area contributed by atoms with E-state index < -0.39 is 0 Å². The van der Waals surface area contributed by atoms with Crippen molar-refractivity contribution < 1.29 is 9.47 Å². The Labute approximate surface area is 122 Å². The highest BCUT2D eigenvalue weighted by atomic mass is 16.5. The maximum Gasteiger partial charge on any atom is 0.227 e. The van der Waals surface area contributed by atoms with Gasteiger partial charge in [-0.05, 0) is 18.2 Å². The number of benzene rings is 2. The molecule has 0 fully saturated rings. The third-order valence-corrected chi connectivity index (χ3v) is 3.13. The molecule has 5 nitrogen and oxygen atoms in total. The number of nitrogens with zero attached hydrogens (tertiary/aromatic N) is 2. The molecule has 0 atom stereocenters. The smallest absolute Gasteiger partial charge is 0.227 e. The van der Waals surface area contributed by atoms with Gasteiger partial charge in [0.05, 0.1) is 19.7 Å². The predicted octanol–water partition coefficient (Wildman–Crippen LogP) is 3.39. The van der Waals surface area contributed by atoms with Gasteiger partial charge in [-0.15, -0.1) is 0 Å². The number of anilines is 2. The van der Waals surface area contributed by atoms with Crippen LogP contribution >= 0.6 is 0 Å². The number of aromatic nitrogens is 2. The number of ether oxygens (including phenoxy) is 2. The van der Waals surface area contributed by atoms with E-state index in [4.69, 9.17) is 9.47 Å². The molecule has 21 heavy (non-hydrogen) atoms. The highest BCUT2D eigenvalue weighted by molar-refractivity contribution is 5.78. The monoisotopic (exact) mass is 281 g/mol. The van der Waals surface area contributed by atoms with Crippen molar-refractivity contribution in [2.45, 2.75) is 0 Å².